The molecule has 2 saturated carbocycles. The third kappa shape index (κ3) is 2.91. The van der Waals surface area contributed by atoms with Gasteiger partial charge in [0.2, 0.25) is 0 Å². The van der Waals surface area contributed by atoms with E-state index in [4.69, 9.17) is 4.74 Å². The molecule has 0 amide bonds. The summed E-state index contributed by atoms with van der Waals surface area (Å²) in [6, 6.07) is 0.756. The molecule has 0 aromatic carbocycles. The minimum atomic E-state index is 0.756. The van der Waals surface area contributed by atoms with Gasteiger partial charge in [-0.2, -0.15) is 0 Å². The van der Waals surface area contributed by atoms with Gasteiger partial charge in [-0.3, -0.25) is 0 Å². The lowest BCUT2D eigenvalue weighted by Gasteiger charge is -2.28. The molecule has 1 saturated heterocycles. The first-order valence-corrected chi connectivity index (χ1v) is 8.16. The Morgan fingerprint density at radius 3 is 2.72 bits per heavy atom. The molecule has 104 valence electrons. The maximum absolute atomic E-state index is 5.53. The first-order chi connectivity index (χ1) is 8.85. The molecule has 0 aromatic rings. The monoisotopic (exact) mass is 251 g/mol. The van der Waals surface area contributed by atoms with E-state index in [-0.39, 0.29) is 0 Å². The van der Waals surface area contributed by atoms with Crippen LogP contribution in [0.4, 0.5) is 0 Å². The van der Waals surface area contributed by atoms with E-state index in [2.05, 4.69) is 12.2 Å². The summed E-state index contributed by atoms with van der Waals surface area (Å²) in [5.41, 5.74) is 0. The largest absolute Gasteiger partial charge is 0.381 e. The molecule has 1 N–H and O–H groups in total. The highest BCUT2D eigenvalue weighted by Gasteiger charge is 2.40. The van der Waals surface area contributed by atoms with E-state index in [0.29, 0.717) is 0 Å². The predicted octanol–water partition coefficient (Wildman–Crippen LogP) is 3.22. The van der Waals surface area contributed by atoms with Crippen molar-refractivity contribution in [1.82, 2.24) is 5.32 Å². The summed E-state index contributed by atoms with van der Waals surface area (Å²) in [6.45, 7) is 5.38. The molecule has 0 radical (unpaired) electrons. The van der Waals surface area contributed by atoms with Crippen LogP contribution in [-0.4, -0.2) is 25.8 Å². The van der Waals surface area contributed by atoms with E-state index in [1.165, 1.54) is 38.5 Å². The van der Waals surface area contributed by atoms with Crippen LogP contribution in [0.5, 0.6) is 0 Å². The molecular formula is C16H29NO. The molecule has 2 heteroatoms. The molecule has 3 rings (SSSR count). The summed E-state index contributed by atoms with van der Waals surface area (Å²) in [5.74, 6) is 4.04. The van der Waals surface area contributed by atoms with Gasteiger partial charge in [-0.05, 0) is 68.7 Å². The van der Waals surface area contributed by atoms with Crippen molar-refractivity contribution in [2.24, 2.45) is 23.7 Å². The molecule has 5 unspecified atom stereocenters. The maximum Gasteiger partial charge on any atom is 0.0495 e. The lowest BCUT2D eigenvalue weighted by atomic mass is 9.82. The van der Waals surface area contributed by atoms with Gasteiger partial charge in [0.1, 0.15) is 0 Å². The Labute approximate surface area is 112 Å². The highest BCUT2D eigenvalue weighted by atomic mass is 16.5. The summed E-state index contributed by atoms with van der Waals surface area (Å²) in [4.78, 5) is 0. The molecule has 3 fully saturated rings. The SMILES string of the molecule is CCNC(CC1CCOC1)CC1CC2CCC1C2. The number of hydrogen-bond donors (Lipinski definition) is 1. The third-order valence-electron chi connectivity index (χ3n) is 5.61. The van der Waals surface area contributed by atoms with Crippen LogP contribution in [0.2, 0.25) is 0 Å². The van der Waals surface area contributed by atoms with E-state index in [1.54, 1.807) is 6.42 Å². The smallest absolute Gasteiger partial charge is 0.0495 e. The van der Waals surface area contributed by atoms with Gasteiger partial charge in [-0.1, -0.05) is 13.3 Å². The Kier molecular flexibility index (Phi) is 4.25. The molecule has 2 aliphatic carbocycles. The van der Waals surface area contributed by atoms with Crippen molar-refractivity contribution >= 4 is 0 Å². The minimum Gasteiger partial charge on any atom is -0.381 e. The van der Waals surface area contributed by atoms with Gasteiger partial charge >= 0.3 is 0 Å². The van der Waals surface area contributed by atoms with Gasteiger partial charge in [0, 0.05) is 19.3 Å². The molecule has 5 atom stereocenters. The average Bonchev–Trinajstić information content (AvgIpc) is 3.05. The summed E-state index contributed by atoms with van der Waals surface area (Å²) >= 11 is 0. The highest BCUT2D eigenvalue weighted by Crippen LogP contribution is 2.50. The molecule has 3 aliphatic rings. The minimum absolute atomic E-state index is 0.756. The maximum atomic E-state index is 5.53. The van der Waals surface area contributed by atoms with E-state index >= 15 is 0 Å². The summed E-state index contributed by atoms with van der Waals surface area (Å²) < 4.78 is 5.53. The van der Waals surface area contributed by atoms with Crippen LogP contribution in [0.15, 0.2) is 0 Å². The molecule has 1 aliphatic heterocycles. The number of fused-ring (bicyclic) bond motifs is 2. The second-order valence-electron chi connectivity index (χ2n) is 6.89. The predicted molar refractivity (Wildman–Crippen MR) is 74.6 cm³/mol. The van der Waals surface area contributed by atoms with Crippen LogP contribution >= 0.6 is 0 Å². The molecule has 0 aromatic heterocycles. The average molecular weight is 251 g/mol. The Hall–Kier alpha value is -0.0800. The van der Waals surface area contributed by atoms with Crippen molar-refractivity contribution in [3.05, 3.63) is 0 Å². The van der Waals surface area contributed by atoms with Crippen molar-refractivity contribution in [2.45, 2.75) is 57.9 Å². The van der Waals surface area contributed by atoms with Crippen LogP contribution in [0.25, 0.3) is 0 Å². The highest BCUT2D eigenvalue weighted by molar-refractivity contribution is 4.92. The molecule has 0 spiro atoms. The fraction of sp³-hybridized carbons (Fsp3) is 1.00. The Bertz CT molecular complexity index is 262. The summed E-state index contributed by atoms with van der Waals surface area (Å²) in [6.07, 6.45) is 10.2. The van der Waals surface area contributed by atoms with Crippen molar-refractivity contribution in [3.8, 4) is 0 Å². The quantitative estimate of drug-likeness (QED) is 0.782. The van der Waals surface area contributed by atoms with Gasteiger partial charge in [-0.15, -0.1) is 0 Å². The standard InChI is InChI=1S/C16H29NO/c1-2-17-16(9-13-5-6-18-11-13)10-15-8-12-3-4-14(15)7-12/h12-17H,2-11H2,1H3. The first kappa shape index (κ1) is 12.9. The summed E-state index contributed by atoms with van der Waals surface area (Å²) in [7, 11) is 0. The zero-order valence-electron chi connectivity index (χ0n) is 11.9. The zero-order valence-corrected chi connectivity index (χ0v) is 11.9. The molecule has 2 nitrogen and oxygen atoms in total. The lowest BCUT2D eigenvalue weighted by Crippen LogP contribution is -2.34. The Balaban J connectivity index is 1.49. The van der Waals surface area contributed by atoms with Gasteiger partial charge in [0.25, 0.3) is 0 Å². The fourth-order valence-electron chi connectivity index (χ4n) is 4.75. The van der Waals surface area contributed by atoms with Crippen molar-refractivity contribution in [1.29, 1.82) is 0 Å². The number of hydrogen-bond acceptors (Lipinski definition) is 2. The zero-order chi connectivity index (χ0) is 12.4. The van der Waals surface area contributed by atoms with Gasteiger partial charge < -0.3 is 10.1 Å². The number of ether oxygens (including phenoxy) is 1. The van der Waals surface area contributed by atoms with Gasteiger partial charge in [0.15, 0.2) is 0 Å². The number of rotatable bonds is 6. The second kappa shape index (κ2) is 5.92. The van der Waals surface area contributed by atoms with Crippen LogP contribution in [0.1, 0.15) is 51.9 Å². The van der Waals surface area contributed by atoms with E-state index in [1.807, 2.05) is 0 Å². The normalized spacial score (nSPS) is 40.5. The van der Waals surface area contributed by atoms with Gasteiger partial charge in [0.05, 0.1) is 0 Å². The van der Waals surface area contributed by atoms with Crippen molar-refractivity contribution < 1.29 is 4.74 Å². The van der Waals surface area contributed by atoms with Crippen LogP contribution in [0.3, 0.4) is 0 Å². The van der Waals surface area contributed by atoms with Gasteiger partial charge in [-0.25, -0.2) is 0 Å². The summed E-state index contributed by atoms with van der Waals surface area (Å²) in [5, 5.41) is 3.74. The van der Waals surface area contributed by atoms with Crippen molar-refractivity contribution in [3.63, 3.8) is 0 Å². The molecule has 1 heterocycles. The topological polar surface area (TPSA) is 21.3 Å². The van der Waals surface area contributed by atoms with Crippen LogP contribution < -0.4 is 5.32 Å². The molecule has 2 bridgehead atoms. The van der Waals surface area contributed by atoms with E-state index in [0.717, 1.165) is 49.5 Å². The second-order valence-corrected chi connectivity index (χ2v) is 6.89. The lowest BCUT2D eigenvalue weighted by molar-refractivity contribution is 0.178. The fourth-order valence-corrected chi connectivity index (χ4v) is 4.75. The Morgan fingerprint density at radius 1 is 1.17 bits per heavy atom. The van der Waals surface area contributed by atoms with E-state index in [9.17, 15) is 0 Å². The molecule has 18 heavy (non-hydrogen) atoms. The number of nitrogens with one attached hydrogen (secondary N) is 1. The Morgan fingerprint density at radius 2 is 2.11 bits per heavy atom. The third-order valence-corrected chi connectivity index (χ3v) is 5.61. The van der Waals surface area contributed by atoms with E-state index < -0.39 is 0 Å². The van der Waals surface area contributed by atoms with Crippen molar-refractivity contribution in [2.75, 3.05) is 19.8 Å². The molecular weight excluding hydrogens is 222 g/mol. The first-order valence-electron chi connectivity index (χ1n) is 8.16. The van der Waals surface area contributed by atoms with Crippen LogP contribution in [0, 0.1) is 23.7 Å². The van der Waals surface area contributed by atoms with Crippen LogP contribution in [-0.2, 0) is 4.74 Å².